The Labute approximate surface area is 111 Å². The van der Waals surface area contributed by atoms with Crippen LogP contribution in [0, 0.1) is 5.41 Å². The lowest BCUT2D eigenvalue weighted by atomic mass is 9.86. The second-order valence-electron chi connectivity index (χ2n) is 5.45. The number of phenolic OH excluding ortho intramolecular Hbond substituents is 1. The highest BCUT2D eigenvalue weighted by Gasteiger charge is 2.45. The standard InChI is InChI=1S/C14H16N2O3/c17-11-4-2-1-3-10(11)13(19)16-6-5-14(9-16)7-12(18)15-8-14/h1-4,17H,5-9H2,(H,15,18). The number of amides is 2. The summed E-state index contributed by atoms with van der Waals surface area (Å²) in [5.41, 5.74) is 0.230. The molecule has 0 radical (unpaired) electrons. The van der Waals surface area contributed by atoms with Crippen LogP contribution >= 0.6 is 0 Å². The number of aromatic hydroxyl groups is 1. The van der Waals surface area contributed by atoms with Crippen LogP contribution in [0.1, 0.15) is 23.2 Å². The van der Waals surface area contributed by atoms with Crippen LogP contribution in [0.3, 0.4) is 0 Å². The maximum Gasteiger partial charge on any atom is 0.257 e. The molecule has 1 aromatic rings. The zero-order valence-electron chi connectivity index (χ0n) is 10.6. The molecule has 100 valence electrons. The predicted octanol–water partition coefficient (Wildman–Crippen LogP) is 0.744. The number of nitrogens with zero attached hydrogens (tertiary/aromatic N) is 1. The molecule has 2 aliphatic heterocycles. The Hall–Kier alpha value is -2.04. The Kier molecular flexibility index (Phi) is 2.69. The molecule has 2 heterocycles. The van der Waals surface area contributed by atoms with E-state index in [0.29, 0.717) is 31.6 Å². The van der Waals surface area contributed by atoms with Crippen molar-refractivity contribution in [3.05, 3.63) is 29.8 Å². The highest BCUT2D eigenvalue weighted by atomic mass is 16.3. The first-order valence-corrected chi connectivity index (χ1v) is 6.44. The first-order chi connectivity index (χ1) is 9.10. The van der Waals surface area contributed by atoms with Crippen molar-refractivity contribution >= 4 is 11.8 Å². The summed E-state index contributed by atoms with van der Waals surface area (Å²) in [5.74, 6) is -0.0831. The zero-order chi connectivity index (χ0) is 13.5. The van der Waals surface area contributed by atoms with E-state index >= 15 is 0 Å². The minimum absolute atomic E-state index is 0.00840. The molecule has 2 saturated heterocycles. The fourth-order valence-electron chi connectivity index (χ4n) is 2.97. The van der Waals surface area contributed by atoms with Gasteiger partial charge in [0.1, 0.15) is 5.75 Å². The van der Waals surface area contributed by atoms with Crippen LogP contribution in [0.25, 0.3) is 0 Å². The summed E-state index contributed by atoms with van der Waals surface area (Å²) >= 11 is 0. The van der Waals surface area contributed by atoms with E-state index in [1.807, 2.05) is 0 Å². The molecule has 1 spiro atoms. The predicted molar refractivity (Wildman–Crippen MR) is 68.7 cm³/mol. The van der Waals surface area contributed by atoms with Gasteiger partial charge in [-0.3, -0.25) is 9.59 Å². The SMILES string of the molecule is O=C1CC2(CCN(C(=O)c3ccccc3O)C2)CN1. The van der Waals surface area contributed by atoms with Crippen molar-refractivity contribution in [1.82, 2.24) is 10.2 Å². The molecule has 2 fully saturated rings. The molecule has 2 amide bonds. The highest BCUT2D eigenvalue weighted by molar-refractivity contribution is 5.97. The van der Waals surface area contributed by atoms with Crippen molar-refractivity contribution in [2.75, 3.05) is 19.6 Å². The van der Waals surface area contributed by atoms with Crippen molar-refractivity contribution < 1.29 is 14.7 Å². The molecule has 19 heavy (non-hydrogen) atoms. The number of carbonyl (C=O) groups excluding carboxylic acids is 2. The van der Waals surface area contributed by atoms with Gasteiger partial charge in [0.25, 0.3) is 5.91 Å². The number of likely N-dealkylation sites (tertiary alicyclic amines) is 1. The molecular formula is C14H16N2O3. The Balaban J connectivity index is 1.77. The van der Waals surface area contributed by atoms with Crippen molar-refractivity contribution in [2.24, 2.45) is 5.41 Å². The number of hydrogen-bond donors (Lipinski definition) is 2. The molecule has 3 rings (SSSR count). The lowest BCUT2D eigenvalue weighted by molar-refractivity contribution is -0.119. The molecule has 5 nitrogen and oxygen atoms in total. The number of nitrogens with one attached hydrogen (secondary N) is 1. The molecule has 2 N–H and O–H groups in total. The third-order valence-corrected chi connectivity index (χ3v) is 4.06. The van der Waals surface area contributed by atoms with Crippen LogP contribution in [-0.4, -0.2) is 41.5 Å². The van der Waals surface area contributed by atoms with Gasteiger partial charge in [0.15, 0.2) is 0 Å². The maximum atomic E-state index is 12.3. The summed E-state index contributed by atoms with van der Waals surface area (Å²) in [7, 11) is 0. The smallest absolute Gasteiger partial charge is 0.257 e. The fourth-order valence-corrected chi connectivity index (χ4v) is 2.97. The summed E-state index contributed by atoms with van der Waals surface area (Å²) in [4.78, 5) is 25.4. The molecule has 1 atom stereocenters. The van der Waals surface area contributed by atoms with Crippen molar-refractivity contribution in [2.45, 2.75) is 12.8 Å². The lowest BCUT2D eigenvalue weighted by Crippen LogP contribution is -2.33. The number of benzene rings is 1. The van der Waals surface area contributed by atoms with E-state index in [1.165, 1.54) is 6.07 Å². The largest absolute Gasteiger partial charge is 0.507 e. The summed E-state index contributed by atoms with van der Waals surface area (Å²) in [6.45, 7) is 1.87. The summed E-state index contributed by atoms with van der Waals surface area (Å²) < 4.78 is 0. The number of carbonyl (C=O) groups is 2. The first-order valence-electron chi connectivity index (χ1n) is 6.44. The minimum Gasteiger partial charge on any atom is -0.507 e. The Bertz CT molecular complexity index is 543. The van der Waals surface area contributed by atoms with Gasteiger partial charge in [-0.05, 0) is 18.6 Å². The Morgan fingerprint density at radius 3 is 2.84 bits per heavy atom. The van der Waals surface area contributed by atoms with Crippen LogP contribution in [0.4, 0.5) is 0 Å². The van der Waals surface area contributed by atoms with Crippen molar-refractivity contribution in [1.29, 1.82) is 0 Å². The van der Waals surface area contributed by atoms with Crippen LogP contribution in [0.2, 0.25) is 0 Å². The number of para-hydroxylation sites is 1. The van der Waals surface area contributed by atoms with Gasteiger partial charge in [-0.1, -0.05) is 12.1 Å². The van der Waals surface area contributed by atoms with Gasteiger partial charge in [0.05, 0.1) is 5.56 Å². The number of hydrogen-bond acceptors (Lipinski definition) is 3. The molecule has 5 heteroatoms. The van der Waals surface area contributed by atoms with Crippen molar-refractivity contribution in [3.63, 3.8) is 0 Å². The van der Waals surface area contributed by atoms with Crippen LogP contribution in [0.15, 0.2) is 24.3 Å². The number of phenols is 1. The van der Waals surface area contributed by atoms with E-state index in [0.717, 1.165) is 6.42 Å². The molecule has 1 unspecified atom stereocenters. The Morgan fingerprint density at radius 2 is 2.16 bits per heavy atom. The maximum absolute atomic E-state index is 12.3. The van der Waals surface area contributed by atoms with Crippen LogP contribution in [0.5, 0.6) is 5.75 Å². The van der Waals surface area contributed by atoms with Crippen molar-refractivity contribution in [3.8, 4) is 5.75 Å². The van der Waals surface area contributed by atoms with E-state index in [9.17, 15) is 14.7 Å². The lowest BCUT2D eigenvalue weighted by Gasteiger charge is -2.22. The Morgan fingerprint density at radius 1 is 1.37 bits per heavy atom. The molecule has 0 aromatic heterocycles. The minimum atomic E-state index is -0.158. The monoisotopic (exact) mass is 260 g/mol. The molecular weight excluding hydrogens is 244 g/mol. The van der Waals surface area contributed by atoms with Gasteiger partial charge in [0.2, 0.25) is 5.91 Å². The fraction of sp³-hybridized carbons (Fsp3) is 0.429. The van der Waals surface area contributed by atoms with E-state index in [2.05, 4.69) is 5.32 Å². The average molecular weight is 260 g/mol. The van der Waals surface area contributed by atoms with Crippen LogP contribution in [-0.2, 0) is 4.79 Å². The third kappa shape index (κ3) is 2.05. The summed E-state index contributed by atoms with van der Waals surface area (Å²) in [6.07, 6.45) is 1.34. The quantitative estimate of drug-likeness (QED) is 0.782. The third-order valence-electron chi connectivity index (χ3n) is 4.06. The van der Waals surface area contributed by atoms with Gasteiger partial charge < -0.3 is 15.3 Å². The average Bonchev–Trinajstić information content (AvgIpc) is 2.97. The van der Waals surface area contributed by atoms with Gasteiger partial charge in [-0.25, -0.2) is 0 Å². The van der Waals surface area contributed by atoms with E-state index < -0.39 is 0 Å². The number of rotatable bonds is 1. The van der Waals surface area contributed by atoms with Gasteiger partial charge in [-0.15, -0.1) is 0 Å². The zero-order valence-corrected chi connectivity index (χ0v) is 10.6. The second kappa shape index (κ2) is 4.26. The molecule has 0 aliphatic carbocycles. The normalized spacial score (nSPS) is 25.9. The van der Waals surface area contributed by atoms with E-state index in [4.69, 9.17) is 0 Å². The summed E-state index contributed by atoms with van der Waals surface area (Å²) in [5, 5.41) is 12.6. The first kappa shape index (κ1) is 12.0. The molecule has 0 bridgehead atoms. The van der Waals surface area contributed by atoms with Gasteiger partial charge in [0, 0.05) is 31.5 Å². The van der Waals surface area contributed by atoms with Gasteiger partial charge in [-0.2, -0.15) is 0 Å². The van der Waals surface area contributed by atoms with E-state index in [1.54, 1.807) is 23.1 Å². The topological polar surface area (TPSA) is 69.6 Å². The molecule has 0 saturated carbocycles. The van der Waals surface area contributed by atoms with E-state index in [-0.39, 0.29) is 23.0 Å². The molecule has 2 aliphatic rings. The summed E-state index contributed by atoms with van der Waals surface area (Å²) in [6, 6.07) is 6.57. The molecule has 1 aromatic carbocycles. The van der Waals surface area contributed by atoms with Gasteiger partial charge >= 0.3 is 0 Å². The highest BCUT2D eigenvalue weighted by Crippen LogP contribution is 2.37. The van der Waals surface area contributed by atoms with Crippen LogP contribution < -0.4 is 5.32 Å². The second-order valence-corrected chi connectivity index (χ2v) is 5.45.